The van der Waals surface area contributed by atoms with Gasteiger partial charge in [0.2, 0.25) is 5.91 Å². The predicted octanol–water partition coefficient (Wildman–Crippen LogP) is 1.22. The number of morpholine rings is 1. The zero-order valence-electron chi connectivity index (χ0n) is 13.2. The van der Waals surface area contributed by atoms with Crippen molar-refractivity contribution in [3.63, 3.8) is 0 Å². The fraction of sp³-hybridized carbons (Fsp3) is 0.588. The number of likely N-dealkylation sites (tertiary alicyclic amines) is 1. The number of anilines is 1. The van der Waals surface area contributed by atoms with Crippen LogP contribution in [0.25, 0.3) is 0 Å². The predicted molar refractivity (Wildman–Crippen MR) is 86.6 cm³/mol. The Morgan fingerprint density at radius 2 is 2.14 bits per heavy atom. The van der Waals surface area contributed by atoms with Crippen LogP contribution >= 0.6 is 0 Å². The van der Waals surface area contributed by atoms with E-state index in [4.69, 9.17) is 10.5 Å². The standard InChI is InChI=1S/C17H25N3O2/c1-13-10-20(8-9-22-13)16-5-3-2-4-14(16)11-19-7-6-15(12-19)17(18)21/h2-5,13,15H,6-12H2,1H3,(H2,18,21)/t13-,15+/m1/s1. The maximum absolute atomic E-state index is 11.3. The van der Waals surface area contributed by atoms with Gasteiger partial charge in [0.1, 0.15) is 0 Å². The van der Waals surface area contributed by atoms with Gasteiger partial charge in [0, 0.05) is 31.9 Å². The van der Waals surface area contributed by atoms with E-state index in [9.17, 15) is 4.79 Å². The summed E-state index contributed by atoms with van der Waals surface area (Å²) in [5, 5.41) is 0. The molecule has 2 fully saturated rings. The summed E-state index contributed by atoms with van der Waals surface area (Å²) >= 11 is 0. The highest BCUT2D eigenvalue weighted by Gasteiger charge is 2.27. The zero-order valence-corrected chi connectivity index (χ0v) is 13.2. The maximum atomic E-state index is 11.3. The number of benzene rings is 1. The van der Waals surface area contributed by atoms with Crippen molar-refractivity contribution in [1.29, 1.82) is 0 Å². The lowest BCUT2D eigenvalue weighted by Gasteiger charge is -2.34. The summed E-state index contributed by atoms with van der Waals surface area (Å²) < 4.78 is 5.64. The molecule has 2 heterocycles. The van der Waals surface area contributed by atoms with E-state index in [1.807, 2.05) is 0 Å². The topological polar surface area (TPSA) is 58.8 Å². The van der Waals surface area contributed by atoms with Crippen LogP contribution in [0.3, 0.4) is 0 Å². The van der Waals surface area contributed by atoms with Gasteiger partial charge in [-0.25, -0.2) is 0 Å². The maximum Gasteiger partial charge on any atom is 0.221 e. The second-order valence-electron chi connectivity index (χ2n) is 6.38. The molecule has 22 heavy (non-hydrogen) atoms. The monoisotopic (exact) mass is 303 g/mol. The molecular formula is C17H25N3O2. The number of amides is 1. The third-order valence-electron chi connectivity index (χ3n) is 4.64. The first-order chi connectivity index (χ1) is 10.6. The third-order valence-corrected chi connectivity index (χ3v) is 4.64. The molecule has 0 bridgehead atoms. The normalized spacial score (nSPS) is 26.3. The largest absolute Gasteiger partial charge is 0.375 e. The Balaban J connectivity index is 1.70. The van der Waals surface area contributed by atoms with Crippen molar-refractivity contribution in [3.8, 4) is 0 Å². The van der Waals surface area contributed by atoms with Crippen molar-refractivity contribution in [2.24, 2.45) is 11.7 Å². The van der Waals surface area contributed by atoms with Crippen LogP contribution in [0.4, 0.5) is 5.69 Å². The highest BCUT2D eigenvalue weighted by atomic mass is 16.5. The number of primary amides is 1. The molecule has 2 atom stereocenters. The smallest absolute Gasteiger partial charge is 0.221 e. The Labute approximate surface area is 132 Å². The minimum Gasteiger partial charge on any atom is -0.375 e. The number of nitrogens with two attached hydrogens (primary N) is 1. The van der Waals surface area contributed by atoms with Gasteiger partial charge in [0.05, 0.1) is 18.6 Å². The van der Waals surface area contributed by atoms with Crippen LogP contribution in [-0.4, -0.2) is 49.7 Å². The summed E-state index contributed by atoms with van der Waals surface area (Å²) in [6.45, 7) is 7.37. The highest BCUT2D eigenvalue weighted by Crippen LogP contribution is 2.26. The Kier molecular flexibility index (Phi) is 4.64. The summed E-state index contributed by atoms with van der Waals surface area (Å²) in [4.78, 5) is 16.1. The van der Waals surface area contributed by atoms with Gasteiger partial charge >= 0.3 is 0 Å². The molecule has 0 aliphatic carbocycles. The summed E-state index contributed by atoms with van der Waals surface area (Å²) in [6, 6.07) is 8.56. The summed E-state index contributed by atoms with van der Waals surface area (Å²) in [7, 11) is 0. The van der Waals surface area contributed by atoms with Gasteiger partial charge in [0.15, 0.2) is 0 Å². The van der Waals surface area contributed by atoms with E-state index in [0.29, 0.717) is 0 Å². The molecule has 2 N–H and O–H groups in total. The fourth-order valence-corrected chi connectivity index (χ4v) is 3.44. The van der Waals surface area contributed by atoms with E-state index in [0.717, 1.165) is 45.8 Å². The lowest BCUT2D eigenvalue weighted by Crippen LogP contribution is -2.41. The Morgan fingerprint density at radius 3 is 2.86 bits per heavy atom. The molecule has 1 aromatic carbocycles. The van der Waals surface area contributed by atoms with Gasteiger partial charge in [-0.3, -0.25) is 9.69 Å². The average molecular weight is 303 g/mol. The van der Waals surface area contributed by atoms with Crippen LogP contribution in [0.15, 0.2) is 24.3 Å². The van der Waals surface area contributed by atoms with Crippen molar-refractivity contribution in [1.82, 2.24) is 4.90 Å². The number of hydrogen-bond donors (Lipinski definition) is 1. The molecule has 0 unspecified atom stereocenters. The van der Waals surface area contributed by atoms with Gasteiger partial charge in [-0.1, -0.05) is 18.2 Å². The molecular weight excluding hydrogens is 278 g/mol. The highest BCUT2D eigenvalue weighted by molar-refractivity contribution is 5.77. The third kappa shape index (κ3) is 3.42. The summed E-state index contributed by atoms with van der Waals surface area (Å²) in [5.74, 6) is -0.159. The Morgan fingerprint density at radius 1 is 1.32 bits per heavy atom. The van der Waals surface area contributed by atoms with E-state index in [1.54, 1.807) is 0 Å². The number of hydrogen-bond acceptors (Lipinski definition) is 4. The van der Waals surface area contributed by atoms with E-state index < -0.39 is 0 Å². The van der Waals surface area contributed by atoms with Crippen molar-refractivity contribution in [2.45, 2.75) is 26.0 Å². The van der Waals surface area contributed by atoms with Gasteiger partial charge in [-0.2, -0.15) is 0 Å². The average Bonchev–Trinajstić information content (AvgIpc) is 2.97. The molecule has 0 aromatic heterocycles. The lowest BCUT2D eigenvalue weighted by atomic mass is 10.1. The van der Waals surface area contributed by atoms with Gasteiger partial charge in [-0.15, -0.1) is 0 Å². The number of carbonyl (C=O) groups is 1. The van der Waals surface area contributed by atoms with Gasteiger partial charge in [0.25, 0.3) is 0 Å². The molecule has 2 aliphatic rings. The minimum atomic E-state index is -0.169. The van der Waals surface area contributed by atoms with Crippen LogP contribution in [-0.2, 0) is 16.1 Å². The van der Waals surface area contributed by atoms with E-state index >= 15 is 0 Å². The number of rotatable bonds is 4. The molecule has 0 spiro atoms. The zero-order chi connectivity index (χ0) is 15.5. The minimum absolute atomic E-state index is 0.00979. The molecule has 5 nitrogen and oxygen atoms in total. The van der Waals surface area contributed by atoms with Crippen LogP contribution in [0, 0.1) is 5.92 Å². The molecule has 3 rings (SSSR count). The van der Waals surface area contributed by atoms with Crippen LogP contribution in [0.1, 0.15) is 18.9 Å². The van der Waals surface area contributed by atoms with Crippen molar-refractivity contribution >= 4 is 11.6 Å². The lowest BCUT2D eigenvalue weighted by molar-refractivity contribution is -0.121. The van der Waals surface area contributed by atoms with E-state index in [-0.39, 0.29) is 17.9 Å². The number of para-hydroxylation sites is 1. The van der Waals surface area contributed by atoms with E-state index in [1.165, 1.54) is 11.3 Å². The fourth-order valence-electron chi connectivity index (χ4n) is 3.44. The first-order valence-corrected chi connectivity index (χ1v) is 8.09. The number of nitrogens with zero attached hydrogens (tertiary/aromatic N) is 2. The summed E-state index contributed by atoms with van der Waals surface area (Å²) in [6.07, 6.45) is 1.15. The van der Waals surface area contributed by atoms with Crippen LogP contribution in [0.2, 0.25) is 0 Å². The molecule has 0 radical (unpaired) electrons. The van der Waals surface area contributed by atoms with E-state index in [2.05, 4.69) is 41.0 Å². The van der Waals surface area contributed by atoms with Crippen LogP contribution < -0.4 is 10.6 Å². The van der Waals surface area contributed by atoms with Crippen molar-refractivity contribution in [3.05, 3.63) is 29.8 Å². The SMILES string of the molecule is C[C@@H]1CN(c2ccccc2CN2CC[C@H](C(N)=O)C2)CCO1. The molecule has 120 valence electrons. The Bertz CT molecular complexity index is 534. The van der Waals surface area contributed by atoms with Gasteiger partial charge < -0.3 is 15.4 Å². The molecule has 5 heteroatoms. The number of carbonyl (C=O) groups excluding carboxylic acids is 1. The number of ether oxygens (including phenoxy) is 1. The molecule has 1 amide bonds. The molecule has 2 aliphatic heterocycles. The summed E-state index contributed by atoms with van der Waals surface area (Å²) in [5.41, 5.74) is 8.04. The van der Waals surface area contributed by atoms with Crippen molar-refractivity contribution in [2.75, 3.05) is 37.7 Å². The van der Waals surface area contributed by atoms with Gasteiger partial charge in [-0.05, 0) is 31.5 Å². The first-order valence-electron chi connectivity index (χ1n) is 8.09. The second-order valence-corrected chi connectivity index (χ2v) is 6.38. The Hall–Kier alpha value is -1.59. The quantitative estimate of drug-likeness (QED) is 0.908. The van der Waals surface area contributed by atoms with Crippen molar-refractivity contribution < 1.29 is 9.53 Å². The molecule has 1 aromatic rings. The second kappa shape index (κ2) is 6.67. The molecule has 0 saturated carbocycles. The van der Waals surface area contributed by atoms with Crippen LogP contribution in [0.5, 0.6) is 0 Å². The molecule has 2 saturated heterocycles. The first kappa shape index (κ1) is 15.3.